The minimum atomic E-state index is -0.522. The van der Waals surface area contributed by atoms with Gasteiger partial charge in [-0.1, -0.05) is 54.1 Å². The summed E-state index contributed by atoms with van der Waals surface area (Å²) < 4.78 is 21.8. The number of rotatable bonds is 6. The zero-order valence-electron chi connectivity index (χ0n) is 21.0. The minimum absolute atomic E-state index is 0.0101. The monoisotopic (exact) mass is 573 g/mol. The van der Waals surface area contributed by atoms with Gasteiger partial charge in [-0.25, -0.2) is 4.79 Å². The third-order valence-corrected chi connectivity index (χ3v) is 7.70. The van der Waals surface area contributed by atoms with Gasteiger partial charge in [0.1, 0.15) is 0 Å². The molecular weight excluding hydrogens is 554 g/mol. The smallest absolute Gasteiger partial charge is 0.344 e. The highest BCUT2D eigenvalue weighted by Crippen LogP contribution is 2.40. The maximum absolute atomic E-state index is 13.1. The molecule has 2 amide bonds. The van der Waals surface area contributed by atoms with Gasteiger partial charge in [0.25, 0.3) is 11.1 Å². The second kappa shape index (κ2) is 10.6. The fraction of sp³-hybridized carbons (Fsp3) is 0.100. The molecule has 0 spiro atoms. The Morgan fingerprint density at radius 2 is 1.77 bits per heavy atom. The van der Waals surface area contributed by atoms with Crippen molar-refractivity contribution in [2.45, 2.75) is 6.54 Å². The number of halogens is 1. The molecule has 0 aromatic heterocycles. The molecule has 0 aliphatic carbocycles. The summed E-state index contributed by atoms with van der Waals surface area (Å²) in [4.78, 5) is 40.2. The van der Waals surface area contributed by atoms with Crippen LogP contribution in [0, 0.1) is 0 Å². The van der Waals surface area contributed by atoms with Crippen LogP contribution in [0.3, 0.4) is 0 Å². The summed E-state index contributed by atoms with van der Waals surface area (Å²) in [6, 6.07) is 21.1. The number of carbonyl (C=O) groups excluding carboxylic acids is 3. The molecule has 1 fully saturated rings. The fourth-order valence-corrected chi connectivity index (χ4v) is 5.51. The number of hydrogen-bond donors (Lipinski definition) is 0. The number of esters is 1. The number of methoxy groups -OCH3 is 1. The van der Waals surface area contributed by atoms with Gasteiger partial charge in [0.15, 0.2) is 23.0 Å². The Bertz CT molecular complexity index is 1730. The highest BCUT2D eigenvalue weighted by atomic mass is 35.5. The van der Waals surface area contributed by atoms with Gasteiger partial charge in [-0.3, -0.25) is 14.5 Å². The third kappa shape index (κ3) is 4.85. The number of thioether (sulfide) groups is 1. The lowest BCUT2D eigenvalue weighted by Crippen LogP contribution is -2.27. The van der Waals surface area contributed by atoms with Crippen molar-refractivity contribution in [3.63, 3.8) is 0 Å². The lowest BCUT2D eigenvalue weighted by atomic mass is 10.0. The SMILES string of the molecule is COc1cc(/C=C2\SC(=O)N(Cc3cc4c(cc3Cl)OCO4)C2=O)ccc1OC(=O)c1cccc2ccccc12. The van der Waals surface area contributed by atoms with E-state index in [-0.39, 0.29) is 24.0 Å². The van der Waals surface area contributed by atoms with Crippen LogP contribution < -0.4 is 18.9 Å². The summed E-state index contributed by atoms with van der Waals surface area (Å²) in [6.45, 7) is 0.0773. The lowest BCUT2D eigenvalue weighted by Gasteiger charge is -2.14. The van der Waals surface area contributed by atoms with E-state index < -0.39 is 17.1 Å². The predicted octanol–water partition coefficient (Wildman–Crippen LogP) is 6.69. The second-order valence-electron chi connectivity index (χ2n) is 8.89. The quantitative estimate of drug-likeness (QED) is 0.143. The van der Waals surface area contributed by atoms with Crippen molar-refractivity contribution >= 4 is 57.3 Å². The molecule has 8 nitrogen and oxygen atoms in total. The van der Waals surface area contributed by atoms with Gasteiger partial charge in [0.05, 0.1) is 24.1 Å². The van der Waals surface area contributed by atoms with Crippen molar-refractivity contribution in [3.8, 4) is 23.0 Å². The zero-order chi connectivity index (χ0) is 27.8. The van der Waals surface area contributed by atoms with Crippen molar-refractivity contribution in [1.29, 1.82) is 0 Å². The van der Waals surface area contributed by atoms with Crippen molar-refractivity contribution in [1.82, 2.24) is 4.90 Å². The van der Waals surface area contributed by atoms with Gasteiger partial charge in [0, 0.05) is 11.1 Å². The van der Waals surface area contributed by atoms with Crippen molar-refractivity contribution in [3.05, 3.63) is 99.4 Å². The van der Waals surface area contributed by atoms with Gasteiger partial charge in [0.2, 0.25) is 6.79 Å². The standard InChI is InChI=1S/C30H20ClNO7S/c1-36-24-11-17(9-10-23(24)39-29(34)21-8-4-6-18-5-2-3-7-20(18)21)12-27-28(33)32(30(35)40-27)15-19-13-25-26(14-22(19)31)38-16-37-25/h2-14H,15-16H2,1H3/b27-12-. The molecule has 0 bridgehead atoms. The Labute approximate surface area is 238 Å². The number of benzene rings is 4. The fourth-order valence-electron chi connectivity index (χ4n) is 4.45. The van der Waals surface area contributed by atoms with Crippen LogP contribution in [0.15, 0.2) is 77.7 Å². The highest BCUT2D eigenvalue weighted by Gasteiger charge is 2.36. The number of fused-ring (bicyclic) bond motifs is 2. The van der Waals surface area contributed by atoms with Crippen LogP contribution in [-0.4, -0.2) is 35.9 Å². The molecule has 0 saturated carbocycles. The number of ether oxygens (including phenoxy) is 4. The summed E-state index contributed by atoms with van der Waals surface area (Å²) in [5, 5.41) is 1.65. The van der Waals surface area contributed by atoms with Gasteiger partial charge in [-0.15, -0.1) is 0 Å². The van der Waals surface area contributed by atoms with Gasteiger partial charge < -0.3 is 18.9 Å². The average molecular weight is 574 g/mol. The van der Waals surface area contributed by atoms with E-state index in [2.05, 4.69) is 0 Å². The van der Waals surface area contributed by atoms with E-state index in [1.807, 2.05) is 30.3 Å². The second-order valence-corrected chi connectivity index (χ2v) is 10.3. The highest BCUT2D eigenvalue weighted by molar-refractivity contribution is 8.18. The molecule has 0 radical (unpaired) electrons. The van der Waals surface area contributed by atoms with Crippen molar-refractivity contribution < 1.29 is 33.3 Å². The molecule has 40 heavy (non-hydrogen) atoms. The molecule has 0 N–H and O–H groups in total. The van der Waals surface area contributed by atoms with Crippen LogP contribution in [-0.2, 0) is 11.3 Å². The first-order valence-electron chi connectivity index (χ1n) is 12.1. The molecule has 4 aromatic rings. The summed E-state index contributed by atoms with van der Waals surface area (Å²) in [5.74, 6) is 0.579. The first-order valence-corrected chi connectivity index (χ1v) is 13.3. The van der Waals surface area contributed by atoms with Crippen LogP contribution in [0.1, 0.15) is 21.5 Å². The molecule has 6 rings (SSSR count). The normalized spacial score (nSPS) is 15.2. The zero-order valence-corrected chi connectivity index (χ0v) is 22.6. The topological polar surface area (TPSA) is 91.4 Å². The molecule has 1 saturated heterocycles. The van der Waals surface area contributed by atoms with E-state index in [9.17, 15) is 14.4 Å². The number of nitrogens with zero attached hydrogens (tertiary/aromatic N) is 1. The first kappa shape index (κ1) is 25.8. The van der Waals surface area contributed by atoms with Crippen molar-refractivity contribution in [2.24, 2.45) is 0 Å². The summed E-state index contributed by atoms with van der Waals surface area (Å²) in [7, 11) is 1.46. The molecule has 2 heterocycles. The maximum Gasteiger partial charge on any atom is 0.344 e. The predicted molar refractivity (Wildman–Crippen MR) is 151 cm³/mol. The molecule has 2 aliphatic rings. The van der Waals surface area contributed by atoms with Crippen LogP contribution in [0.5, 0.6) is 23.0 Å². The van der Waals surface area contributed by atoms with E-state index >= 15 is 0 Å². The number of imide groups is 1. The van der Waals surface area contributed by atoms with Gasteiger partial charge >= 0.3 is 5.97 Å². The summed E-state index contributed by atoms with van der Waals surface area (Å²) in [5.41, 5.74) is 1.59. The molecule has 0 atom stereocenters. The van der Waals surface area contributed by atoms with Crippen LogP contribution >= 0.6 is 23.4 Å². The summed E-state index contributed by atoms with van der Waals surface area (Å²) >= 11 is 7.17. The van der Waals surface area contributed by atoms with E-state index in [0.29, 0.717) is 39.0 Å². The summed E-state index contributed by atoms with van der Waals surface area (Å²) in [6.07, 6.45) is 1.59. The largest absolute Gasteiger partial charge is 0.493 e. The first-order chi connectivity index (χ1) is 19.4. The Morgan fingerprint density at radius 1 is 1.00 bits per heavy atom. The van der Waals surface area contributed by atoms with Crippen LogP contribution in [0.4, 0.5) is 4.79 Å². The number of carbonyl (C=O) groups is 3. The molecule has 0 unspecified atom stereocenters. The van der Waals surface area contributed by atoms with Gasteiger partial charge in [-0.05, 0) is 64.0 Å². The Hall–Kier alpha value is -4.47. The Morgan fingerprint density at radius 3 is 2.60 bits per heavy atom. The van der Waals surface area contributed by atoms with Gasteiger partial charge in [-0.2, -0.15) is 0 Å². The van der Waals surface area contributed by atoms with E-state index in [1.165, 1.54) is 7.11 Å². The Balaban J connectivity index is 1.21. The third-order valence-electron chi connectivity index (χ3n) is 6.44. The van der Waals surface area contributed by atoms with Crippen LogP contribution in [0.25, 0.3) is 16.8 Å². The molecular formula is C30H20ClNO7S. The van der Waals surface area contributed by atoms with Crippen molar-refractivity contribution in [2.75, 3.05) is 13.9 Å². The van der Waals surface area contributed by atoms with Crippen LogP contribution in [0.2, 0.25) is 5.02 Å². The minimum Gasteiger partial charge on any atom is -0.493 e. The lowest BCUT2D eigenvalue weighted by molar-refractivity contribution is -0.123. The van der Waals surface area contributed by atoms with E-state index in [4.69, 9.17) is 30.5 Å². The molecule has 2 aliphatic heterocycles. The average Bonchev–Trinajstić information content (AvgIpc) is 3.52. The van der Waals surface area contributed by atoms with E-state index in [0.717, 1.165) is 27.4 Å². The number of hydrogen-bond acceptors (Lipinski definition) is 8. The maximum atomic E-state index is 13.1. The molecule has 4 aromatic carbocycles. The number of amides is 2. The molecule has 200 valence electrons. The molecule has 10 heteroatoms. The Kier molecular flexibility index (Phi) is 6.83. The van der Waals surface area contributed by atoms with E-state index in [1.54, 1.807) is 48.5 Å².